The van der Waals surface area contributed by atoms with Gasteiger partial charge in [-0.2, -0.15) is 18.3 Å². The van der Waals surface area contributed by atoms with Gasteiger partial charge in [-0.3, -0.25) is 5.10 Å². The van der Waals surface area contributed by atoms with E-state index in [-0.39, 0.29) is 27.8 Å². The van der Waals surface area contributed by atoms with Crippen molar-refractivity contribution < 1.29 is 21.6 Å². The SMILES string of the molecule is NS(=O)(=O)c1c(-c2ccccc2)cc(-c2ccn[nH]2)c(-c2ccccc2)c1C(F)(F)F. The van der Waals surface area contributed by atoms with Crippen molar-refractivity contribution in [3.63, 3.8) is 0 Å². The van der Waals surface area contributed by atoms with Gasteiger partial charge in [-0.1, -0.05) is 60.7 Å². The maximum Gasteiger partial charge on any atom is 0.418 e. The van der Waals surface area contributed by atoms with Gasteiger partial charge in [0.25, 0.3) is 0 Å². The summed E-state index contributed by atoms with van der Waals surface area (Å²) >= 11 is 0. The zero-order valence-corrected chi connectivity index (χ0v) is 16.7. The Morgan fingerprint density at radius 1 is 0.839 bits per heavy atom. The average Bonchev–Trinajstić information content (AvgIpc) is 3.27. The number of rotatable bonds is 4. The van der Waals surface area contributed by atoms with Crippen molar-refractivity contribution in [2.45, 2.75) is 11.1 Å². The molecule has 0 bridgehead atoms. The van der Waals surface area contributed by atoms with Crippen molar-refractivity contribution >= 4 is 10.0 Å². The second-order valence-electron chi connectivity index (χ2n) is 6.80. The molecule has 0 amide bonds. The number of hydrogen-bond acceptors (Lipinski definition) is 3. The molecule has 1 aromatic heterocycles. The molecular weight excluding hydrogens is 427 g/mol. The number of nitrogens with two attached hydrogens (primary N) is 1. The summed E-state index contributed by atoms with van der Waals surface area (Å²) < 4.78 is 68.6. The van der Waals surface area contributed by atoms with Crippen LogP contribution in [0.2, 0.25) is 0 Å². The van der Waals surface area contributed by atoms with Gasteiger partial charge < -0.3 is 0 Å². The molecule has 9 heteroatoms. The van der Waals surface area contributed by atoms with Crippen molar-refractivity contribution in [3.05, 3.63) is 84.6 Å². The van der Waals surface area contributed by atoms with Gasteiger partial charge in [0.1, 0.15) is 4.90 Å². The predicted octanol–water partition coefficient (Wildman–Crippen LogP) is 5.08. The zero-order chi connectivity index (χ0) is 22.2. The Morgan fingerprint density at radius 2 is 1.42 bits per heavy atom. The monoisotopic (exact) mass is 443 g/mol. The van der Waals surface area contributed by atoms with Crippen LogP contribution in [0.25, 0.3) is 33.5 Å². The molecule has 0 aliphatic carbocycles. The maximum absolute atomic E-state index is 14.5. The van der Waals surface area contributed by atoms with Crippen LogP contribution in [0.4, 0.5) is 13.2 Å². The van der Waals surface area contributed by atoms with Crippen LogP contribution in [0, 0.1) is 0 Å². The topological polar surface area (TPSA) is 88.8 Å². The van der Waals surface area contributed by atoms with E-state index in [1.807, 2.05) is 0 Å². The number of alkyl halides is 3. The van der Waals surface area contributed by atoms with Crippen molar-refractivity contribution in [1.29, 1.82) is 0 Å². The number of halogens is 3. The first-order valence-corrected chi connectivity index (χ1v) is 10.6. The number of benzene rings is 3. The van der Waals surface area contributed by atoms with E-state index in [1.165, 1.54) is 42.6 Å². The number of hydrogen-bond donors (Lipinski definition) is 2. The van der Waals surface area contributed by atoms with Crippen LogP contribution in [0.5, 0.6) is 0 Å². The van der Waals surface area contributed by atoms with Gasteiger partial charge in [0.05, 0.1) is 11.3 Å². The highest BCUT2D eigenvalue weighted by molar-refractivity contribution is 7.89. The van der Waals surface area contributed by atoms with Gasteiger partial charge >= 0.3 is 6.18 Å². The van der Waals surface area contributed by atoms with E-state index in [0.29, 0.717) is 5.69 Å². The zero-order valence-electron chi connectivity index (χ0n) is 15.9. The van der Waals surface area contributed by atoms with Crippen molar-refractivity contribution in [1.82, 2.24) is 10.2 Å². The van der Waals surface area contributed by atoms with Crippen LogP contribution in [0.15, 0.2) is 83.9 Å². The molecule has 4 aromatic rings. The number of nitrogens with one attached hydrogen (secondary N) is 1. The summed E-state index contributed by atoms with van der Waals surface area (Å²) in [6.07, 6.45) is -3.60. The smallest absolute Gasteiger partial charge is 0.278 e. The number of H-pyrrole nitrogens is 1. The molecule has 0 fully saturated rings. The fraction of sp³-hybridized carbons (Fsp3) is 0.0455. The first-order chi connectivity index (χ1) is 14.7. The molecule has 0 saturated heterocycles. The largest absolute Gasteiger partial charge is 0.418 e. The summed E-state index contributed by atoms with van der Waals surface area (Å²) in [5.41, 5.74) is -0.793. The lowest BCUT2D eigenvalue weighted by atomic mass is 9.88. The lowest BCUT2D eigenvalue weighted by Gasteiger charge is -2.23. The van der Waals surface area contributed by atoms with E-state index in [4.69, 9.17) is 5.14 Å². The van der Waals surface area contributed by atoms with E-state index in [2.05, 4.69) is 10.2 Å². The van der Waals surface area contributed by atoms with E-state index < -0.39 is 26.7 Å². The Labute approximate surface area is 176 Å². The first kappa shape index (κ1) is 20.8. The van der Waals surface area contributed by atoms with Crippen LogP contribution < -0.4 is 5.14 Å². The normalized spacial score (nSPS) is 12.1. The highest BCUT2D eigenvalue weighted by Crippen LogP contribution is 2.48. The average molecular weight is 443 g/mol. The second kappa shape index (κ2) is 7.68. The van der Waals surface area contributed by atoms with Crippen LogP contribution in [0.3, 0.4) is 0 Å². The summed E-state index contributed by atoms with van der Waals surface area (Å²) in [6, 6.07) is 18.7. The number of sulfonamides is 1. The van der Waals surface area contributed by atoms with E-state index in [9.17, 15) is 21.6 Å². The number of aromatic amines is 1. The Hall–Kier alpha value is -3.43. The molecule has 0 saturated carbocycles. The third-order valence-corrected chi connectivity index (χ3v) is 5.78. The van der Waals surface area contributed by atoms with Gasteiger partial charge in [-0.15, -0.1) is 0 Å². The third-order valence-electron chi connectivity index (χ3n) is 4.79. The summed E-state index contributed by atoms with van der Waals surface area (Å²) in [5, 5.41) is 11.9. The fourth-order valence-electron chi connectivity index (χ4n) is 3.59. The molecular formula is C22H16F3N3O2S. The van der Waals surface area contributed by atoms with Crippen molar-refractivity contribution in [3.8, 4) is 33.5 Å². The van der Waals surface area contributed by atoms with Crippen molar-refractivity contribution in [2.75, 3.05) is 0 Å². The molecule has 0 atom stereocenters. The summed E-state index contributed by atoms with van der Waals surface area (Å²) in [4.78, 5) is -0.965. The molecule has 0 aliphatic rings. The number of aromatic nitrogens is 2. The molecule has 1 heterocycles. The van der Waals surface area contributed by atoms with E-state index >= 15 is 0 Å². The molecule has 3 N–H and O–H groups in total. The Bertz CT molecular complexity index is 1320. The van der Waals surface area contributed by atoms with Crippen molar-refractivity contribution in [2.24, 2.45) is 5.14 Å². The van der Waals surface area contributed by atoms with E-state index in [0.717, 1.165) is 0 Å². The minimum Gasteiger partial charge on any atom is -0.278 e. The standard InChI is InChI=1S/C22H16F3N3O2S/c23-22(24,25)20-19(15-9-5-2-6-10-15)17(18-11-12-27-28-18)13-16(21(20)31(26,29)30)14-7-3-1-4-8-14/h1-13H,(H,27,28)(H2,26,29,30). The molecule has 158 valence electrons. The molecule has 5 nitrogen and oxygen atoms in total. The minimum absolute atomic E-state index is 0.139. The highest BCUT2D eigenvalue weighted by Gasteiger charge is 2.42. The molecule has 3 aromatic carbocycles. The summed E-state index contributed by atoms with van der Waals surface area (Å²) in [5.74, 6) is 0. The van der Waals surface area contributed by atoms with Crippen LogP contribution in [0.1, 0.15) is 5.56 Å². The molecule has 0 radical (unpaired) electrons. The molecule has 0 spiro atoms. The van der Waals surface area contributed by atoms with Gasteiger partial charge in [-0.05, 0) is 23.3 Å². The van der Waals surface area contributed by atoms with Gasteiger partial charge in [0.2, 0.25) is 10.0 Å². The molecule has 31 heavy (non-hydrogen) atoms. The lowest BCUT2D eigenvalue weighted by molar-refractivity contribution is -0.139. The molecule has 0 unspecified atom stereocenters. The predicted molar refractivity (Wildman–Crippen MR) is 111 cm³/mol. The Kier molecular flexibility index (Phi) is 5.16. The third kappa shape index (κ3) is 3.97. The van der Waals surface area contributed by atoms with Crippen LogP contribution in [-0.4, -0.2) is 18.6 Å². The summed E-state index contributed by atoms with van der Waals surface area (Å²) in [6.45, 7) is 0. The van der Waals surface area contributed by atoms with Gasteiger partial charge in [-0.25, -0.2) is 13.6 Å². The number of nitrogens with zero attached hydrogens (tertiary/aromatic N) is 1. The van der Waals surface area contributed by atoms with Gasteiger partial charge in [0, 0.05) is 22.9 Å². The highest BCUT2D eigenvalue weighted by atomic mass is 32.2. The second-order valence-corrected chi connectivity index (χ2v) is 8.29. The first-order valence-electron chi connectivity index (χ1n) is 9.09. The van der Waals surface area contributed by atoms with E-state index in [1.54, 1.807) is 36.4 Å². The summed E-state index contributed by atoms with van der Waals surface area (Å²) in [7, 11) is -4.76. The van der Waals surface area contributed by atoms with Gasteiger partial charge in [0.15, 0.2) is 0 Å². The fourth-order valence-corrected chi connectivity index (χ4v) is 4.57. The molecule has 0 aliphatic heterocycles. The van der Waals surface area contributed by atoms with Crippen LogP contribution in [-0.2, 0) is 16.2 Å². The lowest BCUT2D eigenvalue weighted by Crippen LogP contribution is -2.22. The quantitative estimate of drug-likeness (QED) is 0.461. The number of primary sulfonamides is 1. The molecule has 4 rings (SSSR count). The van der Waals surface area contributed by atoms with Crippen LogP contribution >= 0.6 is 0 Å². The Morgan fingerprint density at radius 3 is 1.90 bits per heavy atom. The minimum atomic E-state index is -5.01. The Balaban J connectivity index is 2.27. The maximum atomic E-state index is 14.5.